The lowest BCUT2D eigenvalue weighted by Gasteiger charge is -2.31. The highest BCUT2D eigenvalue weighted by molar-refractivity contribution is 7.86. The highest BCUT2D eigenvalue weighted by atomic mass is 32.2. The van der Waals surface area contributed by atoms with Gasteiger partial charge in [-0.25, -0.2) is 0 Å². The van der Waals surface area contributed by atoms with Crippen LogP contribution in [0, 0.1) is 0 Å². The zero-order valence-electron chi connectivity index (χ0n) is 12.1. The molecule has 2 heterocycles. The molecule has 0 amide bonds. The molecule has 0 atom stereocenters. The Labute approximate surface area is 122 Å². The fourth-order valence-electron chi connectivity index (χ4n) is 2.08. The molecule has 21 heavy (non-hydrogen) atoms. The van der Waals surface area contributed by atoms with Gasteiger partial charge in [0.2, 0.25) is 11.1 Å². The van der Waals surface area contributed by atoms with Crippen molar-refractivity contribution >= 4 is 21.9 Å². The van der Waals surface area contributed by atoms with E-state index in [1.54, 1.807) is 5.01 Å². The van der Waals surface area contributed by atoms with E-state index in [0.717, 1.165) is 4.31 Å². The van der Waals surface area contributed by atoms with E-state index < -0.39 is 10.2 Å². The number of carbonyl (C=O) groups is 1. The monoisotopic (exact) mass is 318 g/mol. The molecule has 0 saturated carbocycles. The average Bonchev–Trinajstić information content (AvgIpc) is 2.80. The molecule has 1 fully saturated rings. The molecule has 1 saturated heterocycles. The molecule has 0 unspecified atom stereocenters. The lowest BCUT2D eigenvalue weighted by molar-refractivity contribution is -0.760. The molecule has 0 aliphatic carbocycles. The van der Waals surface area contributed by atoms with E-state index in [1.165, 1.54) is 30.1 Å². The van der Waals surface area contributed by atoms with Crippen LogP contribution < -0.4 is 9.80 Å². The molecule has 2 rings (SSSR count). The van der Waals surface area contributed by atoms with Gasteiger partial charge < -0.3 is 10.3 Å². The molecule has 1 N–H and O–H groups in total. The van der Waals surface area contributed by atoms with Crippen molar-refractivity contribution in [2.45, 2.75) is 6.92 Å². The summed E-state index contributed by atoms with van der Waals surface area (Å²) in [4.78, 5) is 12.8. The molecule has 0 bridgehead atoms. The summed E-state index contributed by atoms with van der Waals surface area (Å²) in [6.07, 6.45) is 0. The largest absolute Gasteiger partial charge is 0.659 e. The van der Waals surface area contributed by atoms with Gasteiger partial charge in [-0.1, -0.05) is 0 Å². The second kappa shape index (κ2) is 5.58. The van der Waals surface area contributed by atoms with Gasteiger partial charge >= 0.3 is 5.69 Å². The first-order chi connectivity index (χ1) is 9.75. The van der Waals surface area contributed by atoms with Gasteiger partial charge in [0.25, 0.3) is 10.2 Å². The first-order valence-electron chi connectivity index (χ1n) is 6.32. The van der Waals surface area contributed by atoms with E-state index in [1.807, 2.05) is 0 Å². The van der Waals surface area contributed by atoms with Gasteiger partial charge in [0.05, 0.1) is 17.9 Å². The Morgan fingerprint density at radius 3 is 2.38 bits per heavy atom. The molecular formula is C10H18N6O4S. The third kappa shape index (κ3) is 2.84. The third-order valence-corrected chi connectivity index (χ3v) is 5.17. The number of carbonyl (C=O) groups excluding carboxylic acids is 1. The van der Waals surface area contributed by atoms with Crippen molar-refractivity contribution < 1.29 is 22.5 Å². The van der Waals surface area contributed by atoms with Crippen molar-refractivity contribution in [3.8, 4) is 0 Å². The molecule has 1 aliphatic rings. The number of Topliss-reactive ketones (excluding diaryl/α,β-unsaturated/α-hetero) is 1. The molecule has 1 aromatic rings. The number of rotatable bonds is 4. The predicted octanol–water partition coefficient (Wildman–Crippen LogP) is -1.09. The normalized spacial score (nSPS) is 17.4. The smallest absolute Gasteiger partial charge is 0.333 e. The van der Waals surface area contributed by atoms with Crippen LogP contribution in [0.3, 0.4) is 0 Å². The molecule has 11 heteroatoms. The fraction of sp³-hybridized carbons (Fsp3) is 0.700. The number of piperazine rings is 1. The Balaban J connectivity index is 2.14. The molecular weight excluding hydrogens is 300 g/mol. The van der Waals surface area contributed by atoms with Crippen LogP contribution in [-0.2, 0) is 10.2 Å². The minimum atomic E-state index is -3.44. The first-order valence-corrected chi connectivity index (χ1v) is 7.72. The van der Waals surface area contributed by atoms with Gasteiger partial charge in [-0.3, -0.25) is 4.79 Å². The third-order valence-electron chi connectivity index (χ3n) is 3.23. The van der Waals surface area contributed by atoms with Crippen LogP contribution in [0.5, 0.6) is 0 Å². The predicted molar refractivity (Wildman–Crippen MR) is 72.8 cm³/mol. The SMILES string of the molecule is CC(=O)c1c([NH-])on[n+]1N1CCN(S(=O)(=O)N(C)C)CC1. The summed E-state index contributed by atoms with van der Waals surface area (Å²) in [5.41, 5.74) is 7.58. The molecule has 118 valence electrons. The van der Waals surface area contributed by atoms with Gasteiger partial charge in [0, 0.05) is 34.1 Å². The van der Waals surface area contributed by atoms with Crippen molar-refractivity contribution in [2.75, 3.05) is 45.3 Å². The second-order valence-electron chi connectivity index (χ2n) is 4.84. The van der Waals surface area contributed by atoms with E-state index >= 15 is 0 Å². The van der Waals surface area contributed by atoms with Crippen molar-refractivity contribution in [1.82, 2.24) is 13.9 Å². The van der Waals surface area contributed by atoms with Crippen LogP contribution in [0.2, 0.25) is 0 Å². The Hall–Kier alpha value is -1.72. The standard InChI is InChI=1S/C10H18N6O4S/c1-8(17)9-10(11)20-12-16(9)14-4-6-15(7-5-14)21(18,19)13(2)3/h4-7H2,1-3H3,(H-,11,12,17). The highest BCUT2D eigenvalue weighted by Gasteiger charge is 2.35. The molecule has 0 radical (unpaired) electrons. The minimum Gasteiger partial charge on any atom is -0.659 e. The van der Waals surface area contributed by atoms with Gasteiger partial charge in [-0.15, -0.1) is 0 Å². The van der Waals surface area contributed by atoms with Crippen LogP contribution in [0.1, 0.15) is 17.4 Å². The van der Waals surface area contributed by atoms with E-state index in [4.69, 9.17) is 10.3 Å². The zero-order chi connectivity index (χ0) is 15.8. The van der Waals surface area contributed by atoms with E-state index in [0.29, 0.717) is 13.1 Å². The van der Waals surface area contributed by atoms with Crippen LogP contribution in [0.4, 0.5) is 5.88 Å². The Kier molecular flexibility index (Phi) is 4.16. The van der Waals surface area contributed by atoms with Crippen molar-refractivity contribution in [2.24, 2.45) is 0 Å². The van der Waals surface area contributed by atoms with Gasteiger partial charge in [0.15, 0.2) is 0 Å². The maximum atomic E-state index is 12.0. The van der Waals surface area contributed by atoms with Gasteiger partial charge in [0.1, 0.15) is 5.88 Å². The first kappa shape index (κ1) is 15.7. The summed E-state index contributed by atoms with van der Waals surface area (Å²) >= 11 is 0. The van der Waals surface area contributed by atoms with Crippen LogP contribution in [0.15, 0.2) is 4.52 Å². The van der Waals surface area contributed by atoms with Gasteiger partial charge in [-0.05, 0) is 0 Å². The summed E-state index contributed by atoms with van der Waals surface area (Å²) in [7, 11) is -0.483. The molecule has 10 nitrogen and oxygen atoms in total. The molecule has 0 spiro atoms. The van der Waals surface area contributed by atoms with E-state index in [9.17, 15) is 13.2 Å². The van der Waals surface area contributed by atoms with Crippen molar-refractivity contribution in [1.29, 1.82) is 0 Å². The summed E-state index contributed by atoms with van der Waals surface area (Å²) in [6, 6.07) is 0. The Bertz CT molecular complexity index is 632. The number of nitrogens with zero attached hydrogens (tertiary/aromatic N) is 5. The topological polar surface area (TPSA) is 115 Å². The van der Waals surface area contributed by atoms with Crippen LogP contribution in [-0.4, -0.2) is 68.4 Å². The lowest BCUT2D eigenvalue weighted by Crippen LogP contribution is -2.68. The number of aromatic nitrogens is 2. The van der Waals surface area contributed by atoms with Crippen molar-refractivity contribution in [3.05, 3.63) is 11.4 Å². The molecule has 1 aromatic heterocycles. The number of nitrogens with one attached hydrogen (secondary N) is 1. The number of hydrogen-bond acceptors (Lipinski definition) is 6. The summed E-state index contributed by atoms with van der Waals surface area (Å²) in [6.45, 7) is 2.57. The summed E-state index contributed by atoms with van der Waals surface area (Å²) in [5.74, 6) is -0.629. The maximum Gasteiger partial charge on any atom is 0.333 e. The van der Waals surface area contributed by atoms with Crippen LogP contribution in [0.25, 0.3) is 5.73 Å². The number of hydrogen-bond donors (Lipinski definition) is 0. The Morgan fingerprint density at radius 1 is 1.33 bits per heavy atom. The lowest BCUT2D eigenvalue weighted by atomic mass is 10.3. The maximum absolute atomic E-state index is 12.0. The van der Waals surface area contributed by atoms with Crippen LogP contribution >= 0.6 is 0 Å². The van der Waals surface area contributed by atoms with E-state index in [2.05, 4.69) is 5.27 Å². The fourth-order valence-corrected chi connectivity index (χ4v) is 3.16. The molecule has 0 aromatic carbocycles. The average molecular weight is 318 g/mol. The number of ketones is 1. The van der Waals surface area contributed by atoms with Gasteiger partial charge in [-0.2, -0.15) is 22.0 Å². The highest BCUT2D eigenvalue weighted by Crippen LogP contribution is 2.14. The zero-order valence-corrected chi connectivity index (χ0v) is 12.9. The Morgan fingerprint density at radius 2 is 1.90 bits per heavy atom. The van der Waals surface area contributed by atoms with E-state index in [-0.39, 0.29) is 30.5 Å². The summed E-state index contributed by atoms with van der Waals surface area (Å²) in [5, 5.41) is 5.34. The quantitative estimate of drug-likeness (QED) is 0.514. The molecule has 1 aliphatic heterocycles. The van der Waals surface area contributed by atoms with Crippen molar-refractivity contribution in [3.63, 3.8) is 0 Å². The summed E-state index contributed by atoms with van der Waals surface area (Å²) < 4.78 is 31.3. The minimum absolute atomic E-state index is 0.0546. The second-order valence-corrected chi connectivity index (χ2v) is 6.98.